The van der Waals surface area contributed by atoms with Crippen molar-refractivity contribution in [3.63, 3.8) is 0 Å². The lowest BCUT2D eigenvalue weighted by Gasteiger charge is -2.04. The van der Waals surface area contributed by atoms with Gasteiger partial charge in [0.15, 0.2) is 0 Å². The number of amides is 1. The van der Waals surface area contributed by atoms with E-state index >= 15 is 0 Å². The molecule has 1 amide bonds. The summed E-state index contributed by atoms with van der Waals surface area (Å²) in [5.74, 6) is -0.377. The Hall–Kier alpha value is -1.66. The van der Waals surface area contributed by atoms with Crippen molar-refractivity contribution in [1.29, 1.82) is 0 Å². The van der Waals surface area contributed by atoms with E-state index in [1.807, 2.05) is 0 Å². The van der Waals surface area contributed by atoms with E-state index in [1.54, 1.807) is 0 Å². The second-order valence-corrected chi connectivity index (χ2v) is 3.73. The van der Waals surface area contributed by atoms with Crippen LogP contribution in [0.3, 0.4) is 0 Å². The fraction of sp³-hybridized carbons (Fsp3) is 0.300. The lowest BCUT2D eigenvalue weighted by Crippen LogP contribution is -2.25. The van der Waals surface area contributed by atoms with Gasteiger partial charge in [-0.05, 0) is 25.1 Å². The quantitative estimate of drug-likeness (QED) is 0.472. The number of hydrogen-bond donors (Lipinski definition) is 2. The minimum absolute atomic E-state index is 0.00788. The number of nitro groups is 1. The first-order chi connectivity index (χ1) is 8.06. The average molecular weight is 258 g/mol. The van der Waals surface area contributed by atoms with Crippen molar-refractivity contribution in [3.05, 3.63) is 38.9 Å². The molecule has 0 saturated heterocycles. The Morgan fingerprint density at radius 2 is 2.24 bits per heavy atom. The van der Waals surface area contributed by atoms with Crippen LogP contribution in [0.15, 0.2) is 18.2 Å². The molecular formula is C10H12ClN3O3. The Labute approximate surface area is 103 Å². The fourth-order valence-electron chi connectivity index (χ4n) is 1.20. The maximum atomic E-state index is 11.6. The SMILES string of the molecule is NCCCNC(=O)c1ccc(Cl)c([N+](=O)[O-])c1. The normalized spacial score (nSPS) is 10.0. The molecule has 0 fully saturated rings. The molecule has 0 unspecified atom stereocenters. The van der Waals surface area contributed by atoms with Gasteiger partial charge in [-0.25, -0.2) is 0 Å². The van der Waals surface area contributed by atoms with E-state index in [4.69, 9.17) is 17.3 Å². The van der Waals surface area contributed by atoms with Crippen molar-refractivity contribution in [3.8, 4) is 0 Å². The molecule has 17 heavy (non-hydrogen) atoms. The molecular weight excluding hydrogens is 246 g/mol. The molecule has 0 bridgehead atoms. The first kappa shape index (κ1) is 13.4. The smallest absolute Gasteiger partial charge is 0.288 e. The molecule has 0 heterocycles. The largest absolute Gasteiger partial charge is 0.352 e. The minimum atomic E-state index is -0.626. The van der Waals surface area contributed by atoms with Crippen molar-refractivity contribution in [2.75, 3.05) is 13.1 Å². The summed E-state index contributed by atoms with van der Waals surface area (Å²) in [6, 6.07) is 3.92. The second-order valence-electron chi connectivity index (χ2n) is 3.32. The van der Waals surface area contributed by atoms with E-state index in [0.717, 1.165) is 6.07 Å². The van der Waals surface area contributed by atoms with Crippen molar-refractivity contribution < 1.29 is 9.72 Å². The van der Waals surface area contributed by atoms with Gasteiger partial charge < -0.3 is 11.1 Å². The first-order valence-electron chi connectivity index (χ1n) is 4.98. The predicted molar refractivity (Wildman–Crippen MR) is 64.1 cm³/mol. The van der Waals surface area contributed by atoms with Gasteiger partial charge in [0.1, 0.15) is 5.02 Å². The number of nitrogens with zero attached hydrogens (tertiary/aromatic N) is 1. The summed E-state index contributed by atoms with van der Waals surface area (Å²) < 4.78 is 0. The van der Waals surface area contributed by atoms with Crippen molar-refractivity contribution in [2.24, 2.45) is 5.73 Å². The van der Waals surface area contributed by atoms with Crippen LogP contribution in [0.25, 0.3) is 0 Å². The van der Waals surface area contributed by atoms with E-state index in [2.05, 4.69) is 5.32 Å². The highest BCUT2D eigenvalue weighted by Gasteiger charge is 2.15. The van der Waals surface area contributed by atoms with Gasteiger partial charge in [0.05, 0.1) is 4.92 Å². The van der Waals surface area contributed by atoms with Crippen LogP contribution in [0.1, 0.15) is 16.8 Å². The van der Waals surface area contributed by atoms with Gasteiger partial charge in [-0.15, -0.1) is 0 Å². The molecule has 1 rings (SSSR count). The van der Waals surface area contributed by atoms with Crippen molar-refractivity contribution in [2.45, 2.75) is 6.42 Å². The molecule has 0 spiro atoms. The van der Waals surface area contributed by atoms with Crippen molar-refractivity contribution >= 4 is 23.2 Å². The van der Waals surface area contributed by atoms with Gasteiger partial charge in [0.25, 0.3) is 11.6 Å². The lowest BCUT2D eigenvalue weighted by atomic mass is 10.2. The summed E-state index contributed by atoms with van der Waals surface area (Å²) in [4.78, 5) is 21.6. The molecule has 7 heteroatoms. The molecule has 0 atom stereocenters. The van der Waals surface area contributed by atoms with Crippen LogP contribution in [-0.4, -0.2) is 23.9 Å². The number of benzene rings is 1. The number of carbonyl (C=O) groups is 1. The van der Waals surface area contributed by atoms with E-state index < -0.39 is 4.92 Å². The average Bonchev–Trinajstić information content (AvgIpc) is 2.29. The number of rotatable bonds is 5. The minimum Gasteiger partial charge on any atom is -0.352 e. The fourth-order valence-corrected chi connectivity index (χ4v) is 1.39. The molecule has 0 aliphatic rings. The first-order valence-corrected chi connectivity index (χ1v) is 5.36. The Morgan fingerprint density at radius 3 is 2.82 bits per heavy atom. The van der Waals surface area contributed by atoms with Gasteiger partial charge in [-0.2, -0.15) is 0 Å². The zero-order chi connectivity index (χ0) is 12.8. The highest BCUT2D eigenvalue weighted by Crippen LogP contribution is 2.24. The summed E-state index contributed by atoms with van der Waals surface area (Å²) in [7, 11) is 0. The predicted octanol–water partition coefficient (Wildman–Crippen LogP) is 1.33. The second kappa shape index (κ2) is 6.17. The summed E-state index contributed by atoms with van der Waals surface area (Å²) in [5.41, 5.74) is 5.21. The Balaban J connectivity index is 2.81. The van der Waals surface area contributed by atoms with Gasteiger partial charge >= 0.3 is 0 Å². The number of nitrogens with two attached hydrogens (primary N) is 1. The number of hydrogen-bond acceptors (Lipinski definition) is 4. The van der Waals surface area contributed by atoms with E-state index in [9.17, 15) is 14.9 Å². The molecule has 6 nitrogen and oxygen atoms in total. The van der Waals surface area contributed by atoms with E-state index in [1.165, 1.54) is 12.1 Å². The van der Waals surface area contributed by atoms with Crippen LogP contribution >= 0.6 is 11.6 Å². The maximum Gasteiger partial charge on any atom is 0.288 e. The maximum absolute atomic E-state index is 11.6. The zero-order valence-electron chi connectivity index (χ0n) is 8.98. The third-order valence-corrected chi connectivity index (χ3v) is 2.39. The molecule has 0 aliphatic heterocycles. The lowest BCUT2D eigenvalue weighted by molar-refractivity contribution is -0.384. The molecule has 0 radical (unpaired) electrons. The van der Waals surface area contributed by atoms with Crippen LogP contribution < -0.4 is 11.1 Å². The molecule has 0 saturated carbocycles. The monoisotopic (exact) mass is 257 g/mol. The van der Waals surface area contributed by atoms with Crippen LogP contribution in [0, 0.1) is 10.1 Å². The zero-order valence-corrected chi connectivity index (χ0v) is 9.74. The van der Waals surface area contributed by atoms with Crippen molar-refractivity contribution in [1.82, 2.24) is 5.32 Å². The highest BCUT2D eigenvalue weighted by molar-refractivity contribution is 6.32. The molecule has 0 aromatic heterocycles. The van der Waals surface area contributed by atoms with Crippen LogP contribution in [0.5, 0.6) is 0 Å². The van der Waals surface area contributed by atoms with Crippen LogP contribution in [0.4, 0.5) is 5.69 Å². The number of carbonyl (C=O) groups excluding carboxylic acids is 1. The molecule has 0 aliphatic carbocycles. The number of halogens is 1. The summed E-state index contributed by atoms with van der Waals surface area (Å²) >= 11 is 5.63. The van der Waals surface area contributed by atoms with Gasteiger partial charge in [-0.3, -0.25) is 14.9 Å². The topological polar surface area (TPSA) is 98.3 Å². The molecule has 1 aromatic rings. The van der Waals surface area contributed by atoms with Gasteiger partial charge in [-0.1, -0.05) is 11.6 Å². The molecule has 1 aromatic carbocycles. The third-order valence-electron chi connectivity index (χ3n) is 2.07. The van der Waals surface area contributed by atoms with E-state index in [-0.39, 0.29) is 22.2 Å². The molecule has 92 valence electrons. The Kier molecular flexibility index (Phi) is 4.86. The van der Waals surface area contributed by atoms with Crippen LogP contribution in [0.2, 0.25) is 5.02 Å². The number of nitro benzene ring substituents is 1. The molecule has 3 N–H and O–H groups in total. The third kappa shape index (κ3) is 3.69. The van der Waals surface area contributed by atoms with Gasteiger partial charge in [0, 0.05) is 18.2 Å². The van der Waals surface area contributed by atoms with Gasteiger partial charge in [0.2, 0.25) is 0 Å². The summed E-state index contributed by atoms with van der Waals surface area (Å²) in [6.07, 6.45) is 0.654. The number of nitrogens with one attached hydrogen (secondary N) is 1. The van der Waals surface area contributed by atoms with E-state index in [0.29, 0.717) is 19.5 Å². The highest BCUT2D eigenvalue weighted by atomic mass is 35.5. The standard InChI is InChI=1S/C10H12ClN3O3/c11-8-3-2-7(6-9(8)14(16)17)10(15)13-5-1-4-12/h2-3,6H,1,4-5,12H2,(H,13,15). The Bertz CT molecular complexity index is 437. The summed E-state index contributed by atoms with van der Waals surface area (Å²) in [6.45, 7) is 0.910. The van der Waals surface area contributed by atoms with Crippen LogP contribution in [-0.2, 0) is 0 Å². The summed E-state index contributed by atoms with van der Waals surface area (Å²) in [5, 5.41) is 13.2. The Morgan fingerprint density at radius 1 is 1.53 bits per heavy atom.